The Balaban J connectivity index is 2.24. The smallest absolute Gasteiger partial charge is 0.125 e. The highest BCUT2D eigenvalue weighted by Gasteiger charge is 2.23. The molecule has 0 amide bonds. The molecule has 1 aliphatic heterocycles. The molecule has 1 aromatic carbocycles. The van der Waals surface area contributed by atoms with Gasteiger partial charge in [-0.15, -0.1) is 0 Å². The predicted molar refractivity (Wildman–Crippen MR) is 77.5 cm³/mol. The van der Waals surface area contributed by atoms with Gasteiger partial charge in [0.2, 0.25) is 0 Å². The average molecular weight is 328 g/mol. The maximum atomic E-state index is 9.46. The molecule has 0 aromatic heterocycles. The van der Waals surface area contributed by atoms with Crippen LogP contribution in [0.2, 0.25) is 5.02 Å². The Bertz CT molecular complexity index is 448. The summed E-state index contributed by atoms with van der Waals surface area (Å²) in [5.41, 5.74) is 0.921. The molecule has 1 saturated heterocycles. The van der Waals surface area contributed by atoms with E-state index in [1.807, 2.05) is 18.2 Å². The second-order valence-corrected chi connectivity index (χ2v) is 5.97. The van der Waals surface area contributed by atoms with Crippen LogP contribution in [0.5, 0.6) is 0 Å². The molecule has 0 aliphatic carbocycles. The van der Waals surface area contributed by atoms with Crippen LogP contribution in [-0.4, -0.2) is 18.0 Å². The summed E-state index contributed by atoms with van der Waals surface area (Å²) in [6.45, 7) is 1.98. The third-order valence-electron chi connectivity index (χ3n) is 3.39. The Morgan fingerprint density at radius 1 is 1.22 bits per heavy atom. The van der Waals surface area contributed by atoms with Gasteiger partial charge in [0.15, 0.2) is 0 Å². The molecule has 0 N–H and O–H groups in total. The number of rotatable bonds is 2. The molecule has 1 atom stereocenters. The molecule has 1 heterocycles. The SMILES string of the molecule is N#CC(c1ccc(Br)cc1Cl)N1CCCCCC1. The van der Waals surface area contributed by atoms with E-state index in [0.717, 1.165) is 23.1 Å². The van der Waals surface area contributed by atoms with E-state index in [2.05, 4.69) is 26.9 Å². The molecule has 0 radical (unpaired) electrons. The van der Waals surface area contributed by atoms with Gasteiger partial charge >= 0.3 is 0 Å². The lowest BCUT2D eigenvalue weighted by Crippen LogP contribution is -2.29. The van der Waals surface area contributed by atoms with Gasteiger partial charge in [-0.2, -0.15) is 5.26 Å². The van der Waals surface area contributed by atoms with Crippen molar-refractivity contribution < 1.29 is 0 Å². The summed E-state index contributed by atoms with van der Waals surface area (Å²) >= 11 is 9.65. The molecule has 2 rings (SSSR count). The molecule has 1 unspecified atom stereocenters. The predicted octanol–water partition coefficient (Wildman–Crippen LogP) is 4.54. The maximum absolute atomic E-state index is 9.46. The van der Waals surface area contributed by atoms with Gasteiger partial charge in [0.05, 0.1) is 6.07 Å². The highest BCUT2D eigenvalue weighted by atomic mass is 79.9. The molecule has 0 spiro atoms. The van der Waals surface area contributed by atoms with Crippen molar-refractivity contribution in [2.45, 2.75) is 31.7 Å². The molecule has 1 aliphatic rings. The zero-order chi connectivity index (χ0) is 13.0. The van der Waals surface area contributed by atoms with Crippen molar-refractivity contribution in [3.63, 3.8) is 0 Å². The van der Waals surface area contributed by atoms with Gasteiger partial charge in [0.25, 0.3) is 0 Å². The van der Waals surface area contributed by atoms with Crippen molar-refractivity contribution in [3.05, 3.63) is 33.3 Å². The molecule has 0 bridgehead atoms. The Hall–Kier alpha value is -0.560. The lowest BCUT2D eigenvalue weighted by molar-refractivity contribution is 0.246. The van der Waals surface area contributed by atoms with Crippen molar-refractivity contribution in [1.82, 2.24) is 4.90 Å². The van der Waals surface area contributed by atoms with Crippen LogP contribution in [0, 0.1) is 11.3 Å². The second-order valence-electron chi connectivity index (χ2n) is 4.65. The molecule has 2 nitrogen and oxygen atoms in total. The number of likely N-dealkylation sites (tertiary alicyclic amines) is 1. The molecule has 1 fully saturated rings. The minimum absolute atomic E-state index is 0.219. The largest absolute Gasteiger partial charge is 0.284 e. The second kappa shape index (κ2) is 6.56. The Kier molecular flexibility index (Phi) is 5.05. The summed E-state index contributed by atoms with van der Waals surface area (Å²) in [7, 11) is 0. The lowest BCUT2D eigenvalue weighted by atomic mass is 10.1. The van der Waals surface area contributed by atoms with Gasteiger partial charge < -0.3 is 0 Å². The fraction of sp³-hybridized carbons (Fsp3) is 0.500. The minimum atomic E-state index is -0.219. The van der Waals surface area contributed by atoms with Crippen molar-refractivity contribution >= 4 is 27.5 Å². The number of halogens is 2. The standard InChI is InChI=1S/C14H16BrClN2/c15-11-5-6-12(13(16)9-11)14(10-17)18-7-3-1-2-4-8-18/h5-6,9,14H,1-4,7-8H2. The van der Waals surface area contributed by atoms with E-state index < -0.39 is 0 Å². The normalized spacial score (nSPS) is 18.9. The van der Waals surface area contributed by atoms with Crippen LogP contribution in [0.15, 0.2) is 22.7 Å². The number of nitriles is 1. The maximum Gasteiger partial charge on any atom is 0.125 e. The van der Waals surface area contributed by atoms with E-state index >= 15 is 0 Å². The average Bonchev–Trinajstić information content (AvgIpc) is 2.62. The van der Waals surface area contributed by atoms with Gasteiger partial charge in [0.1, 0.15) is 6.04 Å². The van der Waals surface area contributed by atoms with E-state index in [1.165, 1.54) is 25.7 Å². The zero-order valence-corrected chi connectivity index (χ0v) is 12.5. The van der Waals surface area contributed by atoms with Gasteiger partial charge in [-0.25, -0.2) is 0 Å². The summed E-state index contributed by atoms with van der Waals surface area (Å²) in [6.07, 6.45) is 4.88. The van der Waals surface area contributed by atoms with Crippen LogP contribution in [0.25, 0.3) is 0 Å². The Labute approximate surface area is 122 Å². The fourth-order valence-corrected chi connectivity index (χ4v) is 3.20. The summed E-state index contributed by atoms with van der Waals surface area (Å²) in [5.74, 6) is 0. The molecular formula is C14H16BrClN2. The lowest BCUT2D eigenvalue weighted by Gasteiger charge is -2.26. The van der Waals surface area contributed by atoms with Crippen LogP contribution < -0.4 is 0 Å². The van der Waals surface area contributed by atoms with Crippen LogP contribution in [-0.2, 0) is 0 Å². The molecule has 96 valence electrons. The van der Waals surface area contributed by atoms with Crippen molar-refractivity contribution in [1.29, 1.82) is 5.26 Å². The number of hydrogen-bond donors (Lipinski definition) is 0. The van der Waals surface area contributed by atoms with Gasteiger partial charge in [-0.3, -0.25) is 4.90 Å². The van der Waals surface area contributed by atoms with E-state index in [-0.39, 0.29) is 6.04 Å². The molecule has 18 heavy (non-hydrogen) atoms. The van der Waals surface area contributed by atoms with Crippen LogP contribution in [0.1, 0.15) is 37.3 Å². The van der Waals surface area contributed by atoms with Gasteiger partial charge in [0, 0.05) is 15.1 Å². The molecule has 1 aromatic rings. The van der Waals surface area contributed by atoms with Gasteiger partial charge in [-0.1, -0.05) is 46.4 Å². The monoisotopic (exact) mass is 326 g/mol. The number of benzene rings is 1. The first kappa shape index (κ1) is 13.9. The Morgan fingerprint density at radius 3 is 2.44 bits per heavy atom. The third kappa shape index (κ3) is 3.26. The van der Waals surface area contributed by atoms with Crippen molar-refractivity contribution in [2.75, 3.05) is 13.1 Å². The van der Waals surface area contributed by atoms with E-state index in [1.54, 1.807) is 0 Å². The number of hydrogen-bond acceptors (Lipinski definition) is 2. The van der Waals surface area contributed by atoms with Crippen molar-refractivity contribution in [3.8, 4) is 6.07 Å². The number of nitrogens with zero attached hydrogens (tertiary/aromatic N) is 2. The summed E-state index contributed by atoms with van der Waals surface area (Å²) in [5, 5.41) is 10.1. The zero-order valence-electron chi connectivity index (χ0n) is 10.2. The summed E-state index contributed by atoms with van der Waals surface area (Å²) in [6, 6.07) is 7.94. The van der Waals surface area contributed by atoms with Gasteiger partial charge in [-0.05, 0) is 38.1 Å². The summed E-state index contributed by atoms with van der Waals surface area (Å²) in [4.78, 5) is 2.25. The highest BCUT2D eigenvalue weighted by molar-refractivity contribution is 9.10. The highest BCUT2D eigenvalue weighted by Crippen LogP contribution is 2.31. The van der Waals surface area contributed by atoms with Crippen LogP contribution in [0.3, 0.4) is 0 Å². The quantitative estimate of drug-likeness (QED) is 0.797. The molecule has 4 heteroatoms. The molecular weight excluding hydrogens is 312 g/mol. The first-order chi connectivity index (χ1) is 8.72. The van der Waals surface area contributed by atoms with Crippen LogP contribution in [0.4, 0.5) is 0 Å². The first-order valence-electron chi connectivity index (χ1n) is 6.31. The topological polar surface area (TPSA) is 27.0 Å². The van der Waals surface area contributed by atoms with Crippen molar-refractivity contribution in [2.24, 2.45) is 0 Å². The van der Waals surface area contributed by atoms with E-state index in [0.29, 0.717) is 5.02 Å². The van der Waals surface area contributed by atoms with E-state index in [4.69, 9.17) is 11.6 Å². The van der Waals surface area contributed by atoms with Crippen LogP contribution >= 0.6 is 27.5 Å². The fourth-order valence-electron chi connectivity index (χ4n) is 2.42. The molecule has 0 saturated carbocycles. The summed E-state index contributed by atoms with van der Waals surface area (Å²) < 4.78 is 0.948. The Morgan fingerprint density at radius 2 is 1.89 bits per heavy atom. The van der Waals surface area contributed by atoms with E-state index in [9.17, 15) is 5.26 Å². The first-order valence-corrected chi connectivity index (χ1v) is 7.48. The third-order valence-corrected chi connectivity index (χ3v) is 4.21. The minimum Gasteiger partial charge on any atom is -0.284 e.